The first kappa shape index (κ1) is 22.5. The molecule has 2 saturated heterocycles. The third-order valence-electron chi connectivity index (χ3n) is 10.6. The van der Waals surface area contributed by atoms with E-state index in [0.717, 1.165) is 53.7 Å². The summed E-state index contributed by atoms with van der Waals surface area (Å²) in [6, 6.07) is 27.8. The van der Waals surface area contributed by atoms with Gasteiger partial charge in [-0.15, -0.1) is 0 Å². The highest BCUT2D eigenvalue weighted by molar-refractivity contribution is 6.10. The molecule has 1 unspecified atom stereocenters. The quantitative estimate of drug-likeness (QED) is 0.233. The lowest BCUT2D eigenvalue weighted by atomic mass is 9.64. The van der Waals surface area contributed by atoms with Crippen LogP contribution in [0.1, 0.15) is 38.5 Å². The van der Waals surface area contributed by atoms with Crippen molar-refractivity contribution in [3.05, 3.63) is 84.4 Å². The lowest BCUT2D eigenvalue weighted by molar-refractivity contribution is 0.0884. The van der Waals surface area contributed by atoms with Crippen LogP contribution in [0.2, 0.25) is 0 Å². The molecule has 41 heavy (non-hydrogen) atoms. The molecule has 4 bridgehead atoms. The number of nitrogens with zero attached hydrogens (tertiary/aromatic N) is 6. The number of hydrogen-bond acceptors (Lipinski definition) is 5. The third kappa shape index (κ3) is 3.33. The van der Waals surface area contributed by atoms with Crippen molar-refractivity contribution < 1.29 is 0 Å². The molecule has 5 fully saturated rings. The third-order valence-corrected chi connectivity index (χ3v) is 10.6. The van der Waals surface area contributed by atoms with Crippen molar-refractivity contribution in [2.45, 2.75) is 56.7 Å². The van der Waals surface area contributed by atoms with Crippen LogP contribution < -0.4 is 9.80 Å². The van der Waals surface area contributed by atoms with Gasteiger partial charge in [-0.05, 0) is 85.3 Å². The number of benzene rings is 3. The summed E-state index contributed by atoms with van der Waals surface area (Å²) in [5, 5.41) is 2.46. The molecular formula is C35H32N6. The molecule has 6 nitrogen and oxygen atoms in total. The van der Waals surface area contributed by atoms with E-state index < -0.39 is 0 Å². The van der Waals surface area contributed by atoms with E-state index >= 15 is 0 Å². The number of fused-ring (bicyclic) bond motifs is 4. The average molecular weight is 537 g/mol. The van der Waals surface area contributed by atoms with Gasteiger partial charge in [-0.25, -0.2) is 0 Å². The summed E-state index contributed by atoms with van der Waals surface area (Å²) in [4.78, 5) is 20.8. The Kier molecular flexibility index (Phi) is 4.49. The van der Waals surface area contributed by atoms with Gasteiger partial charge in [0, 0.05) is 29.4 Å². The Bertz CT molecular complexity index is 1860. The largest absolute Gasteiger partial charge is 0.335 e. The van der Waals surface area contributed by atoms with Crippen molar-refractivity contribution in [2.75, 3.05) is 16.3 Å². The molecular weight excluding hydrogens is 504 g/mol. The van der Waals surface area contributed by atoms with Crippen LogP contribution in [0.4, 0.5) is 11.9 Å². The van der Waals surface area contributed by atoms with Gasteiger partial charge in [0.25, 0.3) is 0 Å². The molecule has 2 aromatic heterocycles. The van der Waals surface area contributed by atoms with Crippen molar-refractivity contribution in [1.29, 1.82) is 0 Å². The van der Waals surface area contributed by atoms with E-state index in [2.05, 4.69) is 93.2 Å². The molecule has 1 atom stereocenters. The molecule has 3 aliphatic carbocycles. The van der Waals surface area contributed by atoms with E-state index in [9.17, 15) is 0 Å². The molecule has 11 rings (SSSR count). The normalized spacial score (nSPS) is 27.6. The minimum Gasteiger partial charge on any atom is -0.335 e. The Morgan fingerprint density at radius 1 is 0.610 bits per heavy atom. The topological polar surface area (TPSA) is 50.1 Å². The molecule has 3 aromatic carbocycles. The molecule has 6 aliphatic rings. The summed E-state index contributed by atoms with van der Waals surface area (Å²) in [5.74, 6) is 4.25. The fourth-order valence-corrected chi connectivity index (χ4v) is 8.80. The Hall–Kier alpha value is -4.19. The van der Waals surface area contributed by atoms with Crippen molar-refractivity contribution in [3.63, 3.8) is 0 Å². The minimum absolute atomic E-state index is 0.471. The molecule has 0 spiro atoms. The maximum absolute atomic E-state index is 5.34. The summed E-state index contributed by atoms with van der Waals surface area (Å²) in [6.07, 6.45) is 10.1. The van der Waals surface area contributed by atoms with E-state index in [4.69, 9.17) is 15.0 Å². The van der Waals surface area contributed by atoms with Gasteiger partial charge < -0.3 is 9.80 Å². The van der Waals surface area contributed by atoms with Gasteiger partial charge in [0.2, 0.25) is 17.8 Å². The van der Waals surface area contributed by atoms with Gasteiger partial charge in [-0.3, -0.25) is 4.57 Å². The minimum atomic E-state index is 0.471. The fourth-order valence-electron chi connectivity index (χ4n) is 8.80. The average Bonchev–Trinajstić information content (AvgIpc) is 3.52. The predicted octanol–water partition coefficient (Wildman–Crippen LogP) is 6.92. The number of para-hydroxylation sites is 1. The van der Waals surface area contributed by atoms with Crippen molar-refractivity contribution in [2.24, 2.45) is 11.8 Å². The highest BCUT2D eigenvalue weighted by atomic mass is 15.4. The molecule has 3 saturated carbocycles. The van der Waals surface area contributed by atoms with Crippen LogP contribution in [-0.4, -0.2) is 44.2 Å². The van der Waals surface area contributed by atoms with Crippen molar-refractivity contribution >= 4 is 33.7 Å². The fraction of sp³-hybridized carbons (Fsp3) is 0.343. The number of aromatic nitrogens is 4. The van der Waals surface area contributed by atoms with Crippen LogP contribution in [0.3, 0.4) is 0 Å². The molecule has 0 amide bonds. The smallest absolute Gasteiger partial charge is 0.241 e. The Morgan fingerprint density at radius 3 is 2.07 bits per heavy atom. The van der Waals surface area contributed by atoms with E-state index in [0.29, 0.717) is 18.1 Å². The molecule has 6 heteroatoms. The van der Waals surface area contributed by atoms with Crippen LogP contribution in [0.15, 0.2) is 84.4 Å². The van der Waals surface area contributed by atoms with E-state index in [-0.39, 0.29) is 0 Å². The van der Waals surface area contributed by atoms with E-state index in [1.807, 2.05) is 0 Å². The maximum atomic E-state index is 5.34. The second-order valence-electron chi connectivity index (χ2n) is 13.0. The zero-order chi connectivity index (χ0) is 26.7. The number of rotatable bonds is 4. The highest BCUT2D eigenvalue weighted by Gasteiger charge is 2.48. The molecule has 202 valence electrons. The first-order valence-electron chi connectivity index (χ1n) is 15.4. The zero-order valence-corrected chi connectivity index (χ0v) is 23.0. The first-order chi connectivity index (χ1) is 20.3. The van der Waals surface area contributed by atoms with Gasteiger partial charge in [0.15, 0.2) is 0 Å². The van der Waals surface area contributed by atoms with Gasteiger partial charge in [-0.1, -0.05) is 60.7 Å². The Balaban J connectivity index is 1.18. The summed E-state index contributed by atoms with van der Waals surface area (Å²) in [7, 11) is 0. The molecule has 3 aliphatic heterocycles. The van der Waals surface area contributed by atoms with E-state index in [1.165, 1.54) is 59.6 Å². The lowest BCUT2D eigenvalue weighted by Gasteiger charge is -2.56. The lowest BCUT2D eigenvalue weighted by Crippen LogP contribution is -2.58. The summed E-state index contributed by atoms with van der Waals surface area (Å²) in [6.45, 7) is 0.896. The van der Waals surface area contributed by atoms with Gasteiger partial charge in [0.1, 0.15) is 0 Å². The van der Waals surface area contributed by atoms with Gasteiger partial charge in [0.05, 0.1) is 17.1 Å². The molecule has 5 heterocycles. The van der Waals surface area contributed by atoms with Crippen molar-refractivity contribution in [3.8, 4) is 17.1 Å². The second-order valence-corrected chi connectivity index (χ2v) is 13.0. The summed E-state index contributed by atoms with van der Waals surface area (Å²) in [5.41, 5.74) is 6.27. The maximum Gasteiger partial charge on any atom is 0.241 e. The SMILES string of the molecule is C1=C2CC2N(c2nc(N3C4CC5CC(C4)CC3C5)nc(-n3c4ccccc4c4cc(-c5ccccc5)ccc43)n2)C1. The Labute approximate surface area is 239 Å². The predicted molar refractivity (Wildman–Crippen MR) is 164 cm³/mol. The highest BCUT2D eigenvalue weighted by Crippen LogP contribution is 2.50. The standard InChI is InChI=1S/C35H32N6/c1-2-6-23(7-3-1)24-10-11-31-29(19-24)28-8-4-5-9-30(28)41(31)35-37-33(39-13-12-25-20-32(25)39)36-34(38-35)40-26-15-21-14-22(17-26)18-27(40)16-21/h1-12,19,21-22,26-27,32H,13-18,20H2. The van der Waals surface area contributed by atoms with Gasteiger partial charge >= 0.3 is 0 Å². The van der Waals surface area contributed by atoms with E-state index in [1.54, 1.807) is 0 Å². The summed E-state index contributed by atoms with van der Waals surface area (Å²) >= 11 is 0. The molecule has 0 N–H and O–H groups in total. The van der Waals surface area contributed by atoms with Crippen LogP contribution in [0.25, 0.3) is 38.9 Å². The Morgan fingerprint density at radius 2 is 1.32 bits per heavy atom. The number of anilines is 2. The van der Waals surface area contributed by atoms with Crippen LogP contribution in [0, 0.1) is 11.8 Å². The molecule has 0 radical (unpaired) electrons. The van der Waals surface area contributed by atoms with Crippen molar-refractivity contribution in [1.82, 2.24) is 19.5 Å². The number of piperidine rings is 2. The first-order valence-corrected chi connectivity index (χ1v) is 15.4. The number of hydrogen-bond donors (Lipinski definition) is 0. The zero-order valence-electron chi connectivity index (χ0n) is 23.0. The molecule has 5 aromatic rings. The van der Waals surface area contributed by atoms with Gasteiger partial charge in [-0.2, -0.15) is 15.0 Å². The summed E-state index contributed by atoms with van der Waals surface area (Å²) < 4.78 is 2.28. The second kappa shape index (κ2) is 8.19. The van der Waals surface area contributed by atoms with Crippen LogP contribution in [0.5, 0.6) is 0 Å². The van der Waals surface area contributed by atoms with Crippen LogP contribution in [-0.2, 0) is 0 Å². The van der Waals surface area contributed by atoms with Crippen LogP contribution >= 0.6 is 0 Å². The monoisotopic (exact) mass is 536 g/mol.